The second-order valence-electron chi connectivity index (χ2n) is 4.67. The predicted molar refractivity (Wildman–Crippen MR) is 70.2 cm³/mol. The van der Waals surface area contributed by atoms with Crippen molar-refractivity contribution in [2.24, 2.45) is 0 Å². The van der Waals surface area contributed by atoms with Gasteiger partial charge in [0, 0.05) is 19.5 Å². The van der Waals surface area contributed by atoms with E-state index in [0.29, 0.717) is 38.2 Å². The van der Waals surface area contributed by atoms with Crippen LogP contribution in [0.1, 0.15) is 32.4 Å². The molecule has 19 heavy (non-hydrogen) atoms. The van der Waals surface area contributed by atoms with Gasteiger partial charge in [0.25, 0.3) is 0 Å². The van der Waals surface area contributed by atoms with Gasteiger partial charge in [-0.15, -0.1) is 0 Å². The highest BCUT2D eigenvalue weighted by molar-refractivity contribution is 5.90. The number of hydrogen-bond acceptors (Lipinski definition) is 3. The van der Waals surface area contributed by atoms with Crippen LogP contribution in [-0.2, 0) is 16.1 Å². The molecule has 0 aromatic carbocycles. The van der Waals surface area contributed by atoms with E-state index in [-0.39, 0.29) is 17.9 Å². The number of furan rings is 1. The number of rotatable bonds is 5. The SMILES string of the molecule is CCN(CC)C(=O)[C@H]1CCC(=O)N1Cc1ccco1. The summed E-state index contributed by atoms with van der Waals surface area (Å²) in [6, 6.07) is 3.28. The maximum atomic E-state index is 12.4. The molecule has 2 amide bonds. The van der Waals surface area contributed by atoms with Crippen LogP contribution in [0.2, 0.25) is 0 Å². The average molecular weight is 264 g/mol. The second kappa shape index (κ2) is 5.91. The fourth-order valence-electron chi connectivity index (χ4n) is 2.51. The molecule has 1 aliphatic heterocycles. The summed E-state index contributed by atoms with van der Waals surface area (Å²) in [4.78, 5) is 27.7. The van der Waals surface area contributed by atoms with Gasteiger partial charge in [-0.05, 0) is 32.4 Å². The van der Waals surface area contributed by atoms with Crippen LogP contribution in [0.25, 0.3) is 0 Å². The molecule has 0 unspecified atom stereocenters. The fourth-order valence-corrected chi connectivity index (χ4v) is 2.51. The van der Waals surface area contributed by atoms with Gasteiger partial charge in [0.15, 0.2) is 0 Å². The Hall–Kier alpha value is -1.78. The Balaban J connectivity index is 2.10. The third-order valence-corrected chi connectivity index (χ3v) is 3.59. The smallest absolute Gasteiger partial charge is 0.245 e. The summed E-state index contributed by atoms with van der Waals surface area (Å²) in [6.45, 7) is 5.64. The van der Waals surface area contributed by atoms with Crippen molar-refractivity contribution in [2.45, 2.75) is 39.3 Å². The summed E-state index contributed by atoms with van der Waals surface area (Å²) < 4.78 is 5.27. The Morgan fingerprint density at radius 3 is 2.79 bits per heavy atom. The van der Waals surface area contributed by atoms with Crippen molar-refractivity contribution in [1.82, 2.24) is 9.80 Å². The Morgan fingerprint density at radius 2 is 2.21 bits per heavy atom. The zero-order valence-electron chi connectivity index (χ0n) is 11.5. The van der Waals surface area contributed by atoms with Crippen molar-refractivity contribution < 1.29 is 14.0 Å². The maximum Gasteiger partial charge on any atom is 0.245 e. The molecule has 5 nitrogen and oxygen atoms in total. The van der Waals surface area contributed by atoms with E-state index in [9.17, 15) is 9.59 Å². The van der Waals surface area contributed by atoms with E-state index in [2.05, 4.69) is 0 Å². The number of carbonyl (C=O) groups excluding carboxylic acids is 2. The molecule has 104 valence electrons. The molecule has 5 heteroatoms. The highest BCUT2D eigenvalue weighted by Gasteiger charge is 2.37. The summed E-state index contributed by atoms with van der Waals surface area (Å²) in [5, 5.41) is 0. The minimum absolute atomic E-state index is 0.0295. The summed E-state index contributed by atoms with van der Waals surface area (Å²) in [6.07, 6.45) is 2.63. The fraction of sp³-hybridized carbons (Fsp3) is 0.571. The lowest BCUT2D eigenvalue weighted by Gasteiger charge is -2.28. The zero-order valence-corrected chi connectivity index (χ0v) is 11.5. The van der Waals surface area contributed by atoms with Crippen LogP contribution in [0.3, 0.4) is 0 Å². The molecule has 1 fully saturated rings. The van der Waals surface area contributed by atoms with Crippen molar-refractivity contribution in [3.63, 3.8) is 0 Å². The van der Waals surface area contributed by atoms with Crippen molar-refractivity contribution in [3.8, 4) is 0 Å². The summed E-state index contributed by atoms with van der Waals surface area (Å²) in [7, 11) is 0. The molecule has 1 aromatic rings. The molecule has 1 aromatic heterocycles. The second-order valence-corrected chi connectivity index (χ2v) is 4.67. The van der Waals surface area contributed by atoms with Crippen molar-refractivity contribution in [3.05, 3.63) is 24.2 Å². The summed E-state index contributed by atoms with van der Waals surface area (Å²) in [5.41, 5.74) is 0. The molecule has 0 bridgehead atoms. The molecule has 0 saturated carbocycles. The van der Waals surface area contributed by atoms with Crippen LogP contribution in [0, 0.1) is 0 Å². The first-order valence-electron chi connectivity index (χ1n) is 6.78. The lowest BCUT2D eigenvalue weighted by Crippen LogP contribution is -2.46. The van der Waals surface area contributed by atoms with Gasteiger partial charge in [0.1, 0.15) is 11.8 Å². The van der Waals surface area contributed by atoms with Gasteiger partial charge in [-0.2, -0.15) is 0 Å². The van der Waals surface area contributed by atoms with E-state index in [1.807, 2.05) is 19.9 Å². The van der Waals surface area contributed by atoms with Gasteiger partial charge in [-0.25, -0.2) is 0 Å². The third-order valence-electron chi connectivity index (χ3n) is 3.59. The van der Waals surface area contributed by atoms with Crippen molar-refractivity contribution >= 4 is 11.8 Å². The van der Waals surface area contributed by atoms with E-state index in [4.69, 9.17) is 4.42 Å². The quantitative estimate of drug-likeness (QED) is 0.812. The highest BCUT2D eigenvalue weighted by Crippen LogP contribution is 2.23. The lowest BCUT2D eigenvalue weighted by atomic mass is 10.2. The Morgan fingerprint density at radius 1 is 1.47 bits per heavy atom. The Kier molecular flexibility index (Phi) is 4.24. The van der Waals surface area contributed by atoms with Gasteiger partial charge in [-0.3, -0.25) is 9.59 Å². The van der Waals surface area contributed by atoms with Gasteiger partial charge in [0.05, 0.1) is 12.8 Å². The summed E-state index contributed by atoms with van der Waals surface area (Å²) >= 11 is 0. The van der Waals surface area contributed by atoms with Crippen LogP contribution >= 0.6 is 0 Å². The molecule has 0 spiro atoms. The van der Waals surface area contributed by atoms with Crippen molar-refractivity contribution in [1.29, 1.82) is 0 Å². The standard InChI is InChI=1S/C14H20N2O3/c1-3-15(4-2)14(18)12-7-8-13(17)16(12)10-11-6-5-9-19-11/h5-6,9,12H,3-4,7-8,10H2,1-2H3/t12-/m1/s1. The highest BCUT2D eigenvalue weighted by atomic mass is 16.3. The Labute approximate surface area is 113 Å². The van der Waals surface area contributed by atoms with Crippen molar-refractivity contribution in [2.75, 3.05) is 13.1 Å². The van der Waals surface area contributed by atoms with Crippen LogP contribution in [0.15, 0.2) is 22.8 Å². The van der Waals surface area contributed by atoms with E-state index in [1.165, 1.54) is 0 Å². The van der Waals surface area contributed by atoms with E-state index < -0.39 is 0 Å². The molecule has 1 atom stereocenters. The van der Waals surface area contributed by atoms with E-state index in [0.717, 1.165) is 0 Å². The first kappa shape index (κ1) is 13.6. The molecule has 2 rings (SSSR count). The first-order chi connectivity index (χ1) is 9.17. The van der Waals surface area contributed by atoms with Gasteiger partial charge >= 0.3 is 0 Å². The monoisotopic (exact) mass is 264 g/mol. The third kappa shape index (κ3) is 2.80. The van der Waals surface area contributed by atoms with Gasteiger partial charge in [-0.1, -0.05) is 0 Å². The van der Waals surface area contributed by atoms with Crippen LogP contribution < -0.4 is 0 Å². The van der Waals surface area contributed by atoms with Gasteiger partial charge in [0.2, 0.25) is 11.8 Å². The van der Waals surface area contributed by atoms with E-state index >= 15 is 0 Å². The largest absolute Gasteiger partial charge is 0.467 e. The lowest BCUT2D eigenvalue weighted by molar-refractivity contribution is -0.141. The van der Waals surface area contributed by atoms with Crippen LogP contribution in [0.4, 0.5) is 0 Å². The molecule has 0 radical (unpaired) electrons. The van der Waals surface area contributed by atoms with Crippen LogP contribution in [0.5, 0.6) is 0 Å². The number of likely N-dealkylation sites (tertiary alicyclic amines) is 1. The first-order valence-corrected chi connectivity index (χ1v) is 6.78. The zero-order chi connectivity index (χ0) is 13.8. The number of nitrogens with zero attached hydrogens (tertiary/aromatic N) is 2. The number of hydrogen-bond donors (Lipinski definition) is 0. The number of carbonyl (C=O) groups is 2. The van der Waals surface area contributed by atoms with Gasteiger partial charge < -0.3 is 14.2 Å². The molecule has 1 aliphatic rings. The molecule has 0 N–H and O–H groups in total. The predicted octanol–water partition coefficient (Wildman–Crippen LogP) is 1.64. The average Bonchev–Trinajstić information content (AvgIpc) is 3.03. The maximum absolute atomic E-state index is 12.4. The van der Waals surface area contributed by atoms with Crippen LogP contribution in [-0.4, -0.2) is 40.7 Å². The summed E-state index contributed by atoms with van der Waals surface area (Å²) in [5.74, 6) is 0.789. The minimum Gasteiger partial charge on any atom is -0.467 e. The Bertz CT molecular complexity index is 438. The number of likely N-dealkylation sites (N-methyl/N-ethyl adjacent to an activating group) is 1. The molecule has 1 saturated heterocycles. The normalized spacial score (nSPS) is 18.9. The van der Waals surface area contributed by atoms with E-state index in [1.54, 1.807) is 22.1 Å². The topological polar surface area (TPSA) is 53.8 Å². The molecule has 0 aliphatic carbocycles. The molecular weight excluding hydrogens is 244 g/mol. The molecular formula is C14H20N2O3. The minimum atomic E-state index is -0.336. The number of amides is 2. The molecule has 2 heterocycles.